The number of carbonyl (C=O) groups is 2. The zero-order valence-electron chi connectivity index (χ0n) is 10.2. The molecule has 0 fully saturated rings. The highest BCUT2D eigenvalue weighted by Gasteiger charge is 2.12. The Morgan fingerprint density at radius 1 is 0.900 bits per heavy atom. The molecule has 0 aromatic heterocycles. The lowest BCUT2D eigenvalue weighted by Crippen LogP contribution is -2.03. The summed E-state index contributed by atoms with van der Waals surface area (Å²) in [5.41, 5.74) is 1.23. The second kappa shape index (κ2) is 5.24. The number of nitrogens with zero attached hydrogens (tertiary/aromatic N) is 1. The third-order valence-corrected chi connectivity index (χ3v) is 2.75. The van der Waals surface area contributed by atoms with Gasteiger partial charge in [0, 0.05) is 0 Å². The Morgan fingerprint density at radius 2 is 1.50 bits per heavy atom. The minimum atomic E-state index is -1.20. The van der Waals surface area contributed by atoms with Gasteiger partial charge in [0.1, 0.15) is 0 Å². The molecule has 0 unspecified atom stereocenters. The summed E-state index contributed by atoms with van der Waals surface area (Å²) >= 11 is 0. The molecule has 2 rings (SSSR count). The van der Waals surface area contributed by atoms with Crippen molar-refractivity contribution in [3.05, 3.63) is 59.2 Å². The molecular formula is C15H9NO4. The summed E-state index contributed by atoms with van der Waals surface area (Å²) in [7, 11) is 0. The van der Waals surface area contributed by atoms with E-state index in [-0.39, 0.29) is 11.1 Å². The Kier molecular flexibility index (Phi) is 3.49. The molecule has 2 N–H and O–H groups in total. The van der Waals surface area contributed by atoms with Crippen LogP contribution in [-0.2, 0) is 0 Å². The molecule has 0 saturated carbocycles. The van der Waals surface area contributed by atoms with Gasteiger partial charge in [-0.15, -0.1) is 0 Å². The molecule has 0 atom stereocenters. The van der Waals surface area contributed by atoms with Crippen molar-refractivity contribution < 1.29 is 19.8 Å². The number of aromatic carboxylic acids is 2. The van der Waals surface area contributed by atoms with Gasteiger partial charge in [-0.1, -0.05) is 12.1 Å². The minimum Gasteiger partial charge on any atom is -0.478 e. The number of hydrogen-bond acceptors (Lipinski definition) is 3. The van der Waals surface area contributed by atoms with Crippen LogP contribution in [0, 0.1) is 11.3 Å². The number of benzene rings is 2. The van der Waals surface area contributed by atoms with Gasteiger partial charge in [0.15, 0.2) is 0 Å². The predicted octanol–water partition coefficient (Wildman–Crippen LogP) is 2.62. The van der Waals surface area contributed by atoms with Crippen LogP contribution in [0.2, 0.25) is 0 Å². The number of nitriles is 1. The van der Waals surface area contributed by atoms with Crippen LogP contribution < -0.4 is 0 Å². The Labute approximate surface area is 114 Å². The fraction of sp³-hybridized carbons (Fsp3) is 0. The van der Waals surface area contributed by atoms with E-state index in [4.69, 9.17) is 15.5 Å². The molecule has 0 bridgehead atoms. The van der Waals surface area contributed by atoms with Gasteiger partial charge in [0.2, 0.25) is 0 Å². The van der Waals surface area contributed by atoms with Gasteiger partial charge < -0.3 is 10.2 Å². The van der Waals surface area contributed by atoms with Crippen LogP contribution in [-0.4, -0.2) is 22.2 Å². The SMILES string of the molecule is N#Cc1cccc(-c2cc(C(=O)O)cc(C(=O)O)c2)c1. The van der Waals surface area contributed by atoms with Crippen molar-refractivity contribution in [1.82, 2.24) is 0 Å². The third kappa shape index (κ3) is 2.65. The van der Waals surface area contributed by atoms with Gasteiger partial charge in [-0.2, -0.15) is 5.26 Å². The molecule has 0 aliphatic rings. The normalized spacial score (nSPS) is 9.75. The summed E-state index contributed by atoms with van der Waals surface area (Å²) in [5, 5.41) is 26.9. The molecule has 0 aliphatic heterocycles. The number of rotatable bonds is 3. The van der Waals surface area contributed by atoms with E-state index < -0.39 is 11.9 Å². The van der Waals surface area contributed by atoms with Gasteiger partial charge in [0.25, 0.3) is 0 Å². The monoisotopic (exact) mass is 267 g/mol. The van der Waals surface area contributed by atoms with E-state index in [0.717, 1.165) is 6.07 Å². The molecule has 0 radical (unpaired) electrons. The zero-order chi connectivity index (χ0) is 14.7. The second-order valence-electron chi connectivity index (χ2n) is 4.10. The highest BCUT2D eigenvalue weighted by molar-refractivity contribution is 5.96. The van der Waals surface area contributed by atoms with E-state index in [0.29, 0.717) is 16.7 Å². The molecule has 5 heteroatoms. The van der Waals surface area contributed by atoms with Crippen molar-refractivity contribution in [3.63, 3.8) is 0 Å². The first-order valence-electron chi connectivity index (χ1n) is 5.63. The molecule has 20 heavy (non-hydrogen) atoms. The minimum absolute atomic E-state index is 0.109. The first-order valence-corrected chi connectivity index (χ1v) is 5.63. The van der Waals surface area contributed by atoms with E-state index in [9.17, 15) is 9.59 Å². The maximum absolute atomic E-state index is 11.0. The van der Waals surface area contributed by atoms with Crippen LogP contribution in [0.4, 0.5) is 0 Å². The molecule has 5 nitrogen and oxygen atoms in total. The second-order valence-corrected chi connectivity index (χ2v) is 4.10. The molecule has 0 heterocycles. The Balaban J connectivity index is 2.63. The van der Waals surface area contributed by atoms with E-state index >= 15 is 0 Å². The fourth-order valence-corrected chi connectivity index (χ4v) is 1.81. The molecule has 2 aromatic rings. The number of carboxylic acid groups (broad SMARTS) is 2. The average Bonchev–Trinajstić information content (AvgIpc) is 2.46. The fourth-order valence-electron chi connectivity index (χ4n) is 1.81. The zero-order valence-corrected chi connectivity index (χ0v) is 10.2. The first-order chi connectivity index (χ1) is 9.51. The first kappa shape index (κ1) is 13.3. The van der Waals surface area contributed by atoms with Crippen molar-refractivity contribution in [2.75, 3.05) is 0 Å². The average molecular weight is 267 g/mol. The van der Waals surface area contributed by atoms with E-state index in [2.05, 4.69) is 0 Å². The topological polar surface area (TPSA) is 98.4 Å². The Hall–Kier alpha value is -3.13. The summed E-state index contributed by atoms with van der Waals surface area (Å²) in [6, 6.07) is 12.4. The van der Waals surface area contributed by atoms with Crippen molar-refractivity contribution in [2.24, 2.45) is 0 Å². The standard InChI is InChI=1S/C15H9NO4/c16-8-9-2-1-3-10(4-9)11-5-12(14(17)18)7-13(6-11)15(19)20/h1-7H,(H,17,18)(H,19,20). The van der Waals surface area contributed by atoms with Crippen molar-refractivity contribution in [2.45, 2.75) is 0 Å². The summed E-state index contributed by atoms with van der Waals surface area (Å²) in [5.74, 6) is -2.41. The van der Waals surface area contributed by atoms with Gasteiger partial charge in [-0.25, -0.2) is 9.59 Å². The lowest BCUT2D eigenvalue weighted by molar-refractivity contribution is 0.0696. The summed E-state index contributed by atoms with van der Waals surface area (Å²) in [6.07, 6.45) is 0. The van der Waals surface area contributed by atoms with Crippen LogP contribution in [0.25, 0.3) is 11.1 Å². The highest BCUT2D eigenvalue weighted by atomic mass is 16.4. The Morgan fingerprint density at radius 3 is 2.00 bits per heavy atom. The van der Waals surface area contributed by atoms with E-state index in [1.807, 2.05) is 6.07 Å². The lowest BCUT2D eigenvalue weighted by Gasteiger charge is -2.06. The van der Waals surface area contributed by atoms with Gasteiger partial charge in [0.05, 0.1) is 22.8 Å². The molecule has 2 aromatic carbocycles. The van der Waals surface area contributed by atoms with Crippen molar-refractivity contribution >= 4 is 11.9 Å². The summed E-state index contributed by atoms with van der Waals surface area (Å²) < 4.78 is 0. The number of hydrogen-bond donors (Lipinski definition) is 2. The highest BCUT2D eigenvalue weighted by Crippen LogP contribution is 2.23. The van der Waals surface area contributed by atoms with Crippen LogP contribution in [0.15, 0.2) is 42.5 Å². The Bertz CT molecular complexity index is 712. The third-order valence-electron chi connectivity index (χ3n) is 2.75. The maximum Gasteiger partial charge on any atom is 0.335 e. The molecule has 0 aliphatic carbocycles. The molecule has 98 valence electrons. The van der Waals surface area contributed by atoms with Crippen molar-refractivity contribution in [1.29, 1.82) is 5.26 Å². The lowest BCUT2D eigenvalue weighted by atomic mass is 9.98. The van der Waals surface area contributed by atoms with E-state index in [1.165, 1.54) is 12.1 Å². The van der Waals surface area contributed by atoms with Crippen LogP contribution in [0.5, 0.6) is 0 Å². The summed E-state index contributed by atoms with van der Waals surface area (Å²) in [6.45, 7) is 0. The smallest absolute Gasteiger partial charge is 0.335 e. The van der Waals surface area contributed by atoms with E-state index in [1.54, 1.807) is 24.3 Å². The van der Waals surface area contributed by atoms with Gasteiger partial charge >= 0.3 is 11.9 Å². The van der Waals surface area contributed by atoms with Crippen molar-refractivity contribution in [3.8, 4) is 17.2 Å². The van der Waals surface area contributed by atoms with Crippen LogP contribution >= 0.6 is 0 Å². The largest absolute Gasteiger partial charge is 0.478 e. The van der Waals surface area contributed by atoms with Gasteiger partial charge in [-0.05, 0) is 41.5 Å². The molecule has 0 amide bonds. The van der Waals surface area contributed by atoms with Crippen LogP contribution in [0.3, 0.4) is 0 Å². The number of carboxylic acids is 2. The maximum atomic E-state index is 11.0. The van der Waals surface area contributed by atoms with Gasteiger partial charge in [-0.3, -0.25) is 0 Å². The predicted molar refractivity (Wildman–Crippen MR) is 70.5 cm³/mol. The quantitative estimate of drug-likeness (QED) is 0.890. The molecule has 0 spiro atoms. The summed E-state index contributed by atoms with van der Waals surface area (Å²) in [4.78, 5) is 22.1. The molecule has 0 saturated heterocycles. The van der Waals surface area contributed by atoms with Crippen LogP contribution in [0.1, 0.15) is 26.3 Å². The molecular weight excluding hydrogens is 258 g/mol.